The molecule has 0 aliphatic rings. The summed E-state index contributed by atoms with van der Waals surface area (Å²) >= 11 is 3.27. The van der Waals surface area contributed by atoms with Crippen LogP contribution in [0, 0.1) is 0 Å². The predicted octanol–water partition coefficient (Wildman–Crippen LogP) is 4.10. The second-order valence-electron chi connectivity index (χ2n) is 4.01. The summed E-state index contributed by atoms with van der Waals surface area (Å²) in [6.45, 7) is 2.89. The lowest BCUT2D eigenvalue weighted by Crippen LogP contribution is -2.03. The molecule has 0 saturated heterocycles. The van der Waals surface area contributed by atoms with Crippen molar-refractivity contribution in [3.05, 3.63) is 30.3 Å². The van der Waals surface area contributed by atoms with Gasteiger partial charge in [-0.1, -0.05) is 11.8 Å². The molecule has 2 N–H and O–H groups in total. The second kappa shape index (κ2) is 7.40. The van der Waals surface area contributed by atoms with Crippen LogP contribution in [0.2, 0.25) is 0 Å². The van der Waals surface area contributed by atoms with E-state index in [1.165, 1.54) is 16.7 Å². The molecule has 6 heteroatoms. The van der Waals surface area contributed by atoms with E-state index in [0.717, 1.165) is 29.0 Å². The highest BCUT2D eigenvalue weighted by atomic mass is 32.2. The molecule has 4 nitrogen and oxygen atoms in total. The maximum absolute atomic E-state index is 4.47. The Kier molecular flexibility index (Phi) is 5.55. The largest absolute Gasteiger partial charge is 0.370 e. The maximum atomic E-state index is 4.47. The van der Waals surface area contributed by atoms with Gasteiger partial charge in [-0.2, -0.15) is 0 Å². The Morgan fingerprint density at radius 2 is 1.70 bits per heavy atom. The average molecular weight is 306 g/mol. The molecule has 0 aliphatic heterocycles. The number of thioether (sulfide) groups is 2. The van der Waals surface area contributed by atoms with Gasteiger partial charge in [-0.05, 0) is 43.7 Å². The minimum Gasteiger partial charge on any atom is -0.370 e. The van der Waals surface area contributed by atoms with E-state index < -0.39 is 0 Å². The third-order valence-corrected chi connectivity index (χ3v) is 3.90. The Balaban J connectivity index is 2.20. The Morgan fingerprint density at radius 1 is 1.00 bits per heavy atom. The Bertz CT molecular complexity index is 558. The molecule has 2 rings (SSSR count). The van der Waals surface area contributed by atoms with Crippen LogP contribution < -0.4 is 10.6 Å². The van der Waals surface area contributed by atoms with Gasteiger partial charge in [0.15, 0.2) is 5.16 Å². The van der Waals surface area contributed by atoms with Crippen molar-refractivity contribution in [3.63, 3.8) is 0 Å². The van der Waals surface area contributed by atoms with Gasteiger partial charge >= 0.3 is 0 Å². The first-order valence-electron chi connectivity index (χ1n) is 6.33. The van der Waals surface area contributed by atoms with Gasteiger partial charge < -0.3 is 10.6 Å². The Labute approximate surface area is 128 Å². The fourth-order valence-electron chi connectivity index (χ4n) is 1.67. The summed E-state index contributed by atoms with van der Waals surface area (Å²) < 4.78 is 0. The Hall–Kier alpha value is -1.40. The van der Waals surface area contributed by atoms with E-state index in [1.54, 1.807) is 11.8 Å². The molecular weight excluding hydrogens is 288 g/mol. The topological polar surface area (TPSA) is 49.8 Å². The lowest BCUT2D eigenvalue weighted by atomic mass is 10.3. The van der Waals surface area contributed by atoms with Crippen LogP contribution in [0.25, 0.3) is 0 Å². The molecule has 106 valence electrons. The van der Waals surface area contributed by atoms with Crippen LogP contribution in [-0.2, 0) is 0 Å². The van der Waals surface area contributed by atoms with E-state index in [4.69, 9.17) is 0 Å². The number of nitrogens with zero attached hydrogens (tertiary/aromatic N) is 2. The van der Waals surface area contributed by atoms with E-state index in [-0.39, 0.29) is 0 Å². The second-order valence-corrected chi connectivity index (χ2v) is 5.66. The van der Waals surface area contributed by atoms with E-state index in [9.17, 15) is 0 Å². The molecular formula is C14H18N4S2. The van der Waals surface area contributed by atoms with E-state index >= 15 is 0 Å². The lowest BCUT2D eigenvalue weighted by Gasteiger charge is -2.10. The number of anilines is 3. The van der Waals surface area contributed by atoms with Gasteiger partial charge in [0.1, 0.15) is 11.6 Å². The predicted molar refractivity (Wildman–Crippen MR) is 89.5 cm³/mol. The summed E-state index contributed by atoms with van der Waals surface area (Å²) in [5, 5.41) is 7.29. The van der Waals surface area contributed by atoms with Gasteiger partial charge in [-0.25, -0.2) is 9.97 Å². The number of aromatic nitrogens is 2. The van der Waals surface area contributed by atoms with Gasteiger partial charge in [-0.15, -0.1) is 11.8 Å². The number of hydrogen-bond donors (Lipinski definition) is 2. The van der Waals surface area contributed by atoms with Crippen LogP contribution in [0.3, 0.4) is 0 Å². The molecule has 20 heavy (non-hydrogen) atoms. The van der Waals surface area contributed by atoms with Crippen LogP contribution in [0.5, 0.6) is 0 Å². The van der Waals surface area contributed by atoms with Crippen molar-refractivity contribution in [3.8, 4) is 0 Å². The molecule has 0 amide bonds. The minimum atomic E-state index is 0.756. The van der Waals surface area contributed by atoms with Crippen LogP contribution in [0.15, 0.2) is 40.4 Å². The fraction of sp³-hybridized carbons (Fsp3) is 0.286. The quantitative estimate of drug-likeness (QED) is 0.619. The molecule has 1 heterocycles. The molecule has 1 aromatic heterocycles. The lowest BCUT2D eigenvalue weighted by molar-refractivity contribution is 0.967. The highest BCUT2D eigenvalue weighted by molar-refractivity contribution is 7.98. The monoisotopic (exact) mass is 306 g/mol. The highest BCUT2D eigenvalue weighted by Crippen LogP contribution is 2.23. The van der Waals surface area contributed by atoms with Gasteiger partial charge in [0.2, 0.25) is 0 Å². The summed E-state index contributed by atoms with van der Waals surface area (Å²) in [7, 11) is 0. The SMILES string of the molecule is CCNc1cc(Nc2ccc(SC)cc2)nc(SC)n1. The molecule has 1 aromatic carbocycles. The zero-order valence-corrected chi connectivity index (χ0v) is 13.4. The third kappa shape index (κ3) is 4.05. The van der Waals surface area contributed by atoms with E-state index in [2.05, 4.69) is 58.0 Å². The first-order valence-corrected chi connectivity index (χ1v) is 8.78. The third-order valence-electron chi connectivity index (χ3n) is 2.61. The molecule has 0 bridgehead atoms. The van der Waals surface area contributed by atoms with Crippen molar-refractivity contribution in [2.45, 2.75) is 17.0 Å². The summed E-state index contributed by atoms with van der Waals surface area (Å²) in [5.74, 6) is 1.65. The van der Waals surface area contributed by atoms with Crippen LogP contribution in [0.4, 0.5) is 17.3 Å². The smallest absolute Gasteiger partial charge is 0.191 e. The van der Waals surface area contributed by atoms with E-state index in [0.29, 0.717) is 0 Å². The summed E-state index contributed by atoms with van der Waals surface area (Å²) in [6, 6.07) is 10.2. The van der Waals surface area contributed by atoms with Crippen molar-refractivity contribution >= 4 is 40.8 Å². The van der Waals surface area contributed by atoms with Gasteiger partial charge in [0.25, 0.3) is 0 Å². The van der Waals surface area contributed by atoms with Gasteiger partial charge in [0.05, 0.1) is 0 Å². The highest BCUT2D eigenvalue weighted by Gasteiger charge is 2.04. The fourth-order valence-corrected chi connectivity index (χ4v) is 2.46. The zero-order valence-electron chi connectivity index (χ0n) is 11.8. The summed E-state index contributed by atoms with van der Waals surface area (Å²) in [4.78, 5) is 10.1. The molecule has 0 radical (unpaired) electrons. The van der Waals surface area contributed by atoms with Crippen molar-refractivity contribution in [1.82, 2.24) is 9.97 Å². The van der Waals surface area contributed by atoms with Crippen LogP contribution in [-0.4, -0.2) is 29.0 Å². The molecule has 0 unspecified atom stereocenters. The first-order chi connectivity index (χ1) is 9.75. The molecule has 0 atom stereocenters. The molecule has 0 saturated carbocycles. The number of benzene rings is 1. The van der Waals surface area contributed by atoms with Crippen LogP contribution in [0.1, 0.15) is 6.92 Å². The average Bonchev–Trinajstić information content (AvgIpc) is 2.48. The molecule has 0 spiro atoms. The number of rotatable bonds is 6. The number of nitrogens with one attached hydrogen (secondary N) is 2. The van der Waals surface area contributed by atoms with E-state index in [1.807, 2.05) is 12.3 Å². The maximum Gasteiger partial charge on any atom is 0.191 e. The molecule has 2 aromatic rings. The van der Waals surface area contributed by atoms with Gasteiger partial charge in [-0.3, -0.25) is 0 Å². The van der Waals surface area contributed by atoms with Crippen molar-refractivity contribution in [1.29, 1.82) is 0 Å². The first kappa shape index (κ1) is 15.0. The Morgan fingerprint density at radius 3 is 2.30 bits per heavy atom. The normalized spacial score (nSPS) is 10.3. The van der Waals surface area contributed by atoms with Crippen LogP contribution >= 0.6 is 23.5 Å². The molecule has 0 fully saturated rings. The summed E-state index contributed by atoms with van der Waals surface area (Å²) in [6.07, 6.45) is 4.04. The van der Waals surface area contributed by atoms with Gasteiger partial charge in [0, 0.05) is 23.2 Å². The van der Waals surface area contributed by atoms with Crippen molar-refractivity contribution < 1.29 is 0 Å². The van der Waals surface area contributed by atoms with Crippen molar-refractivity contribution in [2.24, 2.45) is 0 Å². The zero-order chi connectivity index (χ0) is 14.4. The summed E-state index contributed by atoms with van der Waals surface area (Å²) in [5.41, 5.74) is 1.02. The minimum absolute atomic E-state index is 0.756. The number of hydrogen-bond acceptors (Lipinski definition) is 6. The standard InChI is InChI=1S/C14H18N4S2/c1-4-15-12-9-13(18-14(17-12)20-3)16-10-5-7-11(19-2)8-6-10/h5-9H,4H2,1-3H3,(H2,15,16,17,18). The molecule has 0 aliphatic carbocycles. The van der Waals surface area contributed by atoms with Crippen molar-refractivity contribution in [2.75, 3.05) is 29.7 Å².